The first-order chi connectivity index (χ1) is 15.6. The Morgan fingerprint density at radius 3 is 1.94 bits per heavy atom. The highest BCUT2D eigenvalue weighted by molar-refractivity contribution is 7.15. The second-order valence-electron chi connectivity index (χ2n) is 9.76. The van der Waals surface area contributed by atoms with Crippen LogP contribution in [-0.2, 0) is 6.42 Å². The van der Waals surface area contributed by atoms with Crippen molar-refractivity contribution in [2.75, 3.05) is 0 Å². The molecule has 32 heavy (non-hydrogen) atoms. The molecule has 0 fully saturated rings. The zero-order valence-corrected chi connectivity index (χ0v) is 23.3. The lowest BCUT2D eigenvalue weighted by Gasteiger charge is -2.22. The van der Waals surface area contributed by atoms with Gasteiger partial charge in [-0.3, -0.25) is 0 Å². The molecule has 0 bridgehead atoms. The summed E-state index contributed by atoms with van der Waals surface area (Å²) in [7, 11) is -0.820. The monoisotopic (exact) mass is 472 g/mol. The third-order valence-electron chi connectivity index (χ3n) is 6.45. The quantitative estimate of drug-likeness (QED) is 0.155. The van der Waals surface area contributed by atoms with E-state index in [1.165, 1.54) is 105 Å². The molecule has 0 radical (unpaired) electrons. The number of benzene rings is 1. The lowest BCUT2D eigenvalue weighted by molar-refractivity contribution is 0.257. The molecular weight excluding hydrogens is 424 g/mol. The van der Waals surface area contributed by atoms with Gasteiger partial charge in [-0.2, -0.15) is 0 Å². The van der Waals surface area contributed by atoms with Crippen molar-refractivity contribution in [3.8, 4) is 16.2 Å². The maximum absolute atomic E-state index is 6.42. The summed E-state index contributed by atoms with van der Waals surface area (Å²) in [5.41, 5.74) is 1.78. The Hall–Kier alpha value is -1.06. The minimum absolute atomic E-state index is 0.456. The summed E-state index contributed by atoms with van der Waals surface area (Å²) in [6.07, 6.45) is 18.9. The van der Waals surface area contributed by atoms with Crippen LogP contribution >= 0.6 is 11.3 Å². The maximum atomic E-state index is 6.42. The highest BCUT2D eigenvalue weighted by Crippen LogP contribution is 2.31. The third kappa shape index (κ3) is 10.7. The first-order valence-electron chi connectivity index (χ1n) is 13.5. The fraction of sp³-hybridized carbons (Fsp3) is 0.655. The number of hydrogen-bond acceptors (Lipinski definition) is 2. The maximum Gasteiger partial charge on any atom is 0.119 e. The molecule has 0 saturated carbocycles. The van der Waals surface area contributed by atoms with Crippen molar-refractivity contribution < 1.29 is 4.74 Å². The van der Waals surface area contributed by atoms with Gasteiger partial charge < -0.3 is 4.74 Å². The van der Waals surface area contributed by atoms with Gasteiger partial charge in [0.05, 0.1) is 14.5 Å². The zero-order chi connectivity index (χ0) is 23.0. The van der Waals surface area contributed by atoms with Crippen molar-refractivity contribution in [1.82, 2.24) is 0 Å². The Balaban J connectivity index is 1.76. The minimum atomic E-state index is -0.820. The molecule has 0 amide bonds. The molecule has 1 heterocycles. The first kappa shape index (κ1) is 27.2. The van der Waals surface area contributed by atoms with Gasteiger partial charge in [-0.1, -0.05) is 97.6 Å². The molecule has 0 N–H and O–H groups in total. The second kappa shape index (κ2) is 16.5. The van der Waals surface area contributed by atoms with Crippen molar-refractivity contribution in [1.29, 1.82) is 0 Å². The molecule has 0 aliphatic heterocycles. The average molecular weight is 473 g/mol. The van der Waals surface area contributed by atoms with Crippen LogP contribution < -0.4 is 4.74 Å². The lowest BCUT2D eigenvalue weighted by Crippen LogP contribution is -2.30. The molecule has 0 aliphatic carbocycles. The van der Waals surface area contributed by atoms with Crippen LogP contribution in [0.4, 0.5) is 0 Å². The highest BCUT2D eigenvalue weighted by atomic mass is 32.1. The van der Waals surface area contributed by atoms with Crippen molar-refractivity contribution in [3.05, 3.63) is 41.3 Å². The van der Waals surface area contributed by atoms with Crippen LogP contribution in [0.25, 0.3) is 10.4 Å². The van der Waals surface area contributed by atoms with E-state index in [-0.39, 0.29) is 0 Å². The van der Waals surface area contributed by atoms with Crippen molar-refractivity contribution in [2.24, 2.45) is 0 Å². The van der Waals surface area contributed by atoms with E-state index in [1.54, 1.807) is 0 Å². The third-order valence-corrected chi connectivity index (χ3v) is 9.60. The first-order valence-corrected chi connectivity index (χ1v) is 17.3. The summed E-state index contributed by atoms with van der Waals surface area (Å²) < 4.78 is 6.42. The highest BCUT2D eigenvalue weighted by Gasteiger charge is 2.16. The van der Waals surface area contributed by atoms with E-state index in [1.807, 2.05) is 11.3 Å². The van der Waals surface area contributed by atoms with Gasteiger partial charge in [0.1, 0.15) is 5.75 Å². The molecule has 0 aliphatic rings. The van der Waals surface area contributed by atoms with Crippen LogP contribution in [-0.4, -0.2) is 14.5 Å². The van der Waals surface area contributed by atoms with E-state index in [0.29, 0.717) is 5.73 Å². The Morgan fingerprint density at radius 1 is 0.719 bits per heavy atom. The summed E-state index contributed by atoms with van der Waals surface area (Å²) in [4.78, 5) is 2.92. The van der Waals surface area contributed by atoms with Crippen LogP contribution in [0.15, 0.2) is 36.4 Å². The molecule has 1 nitrogen and oxygen atoms in total. The SMILES string of the molecule is CCCCCCCCCCc1ccc(-c2ccc(OC(CCCCCC)[SiH](C)C)cc2)s1. The zero-order valence-electron chi connectivity index (χ0n) is 21.3. The van der Waals surface area contributed by atoms with Crippen LogP contribution in [0.3, 0.4) is 0 Å². The fourth-order valence-corrected chi connectivity index (χ4v) is 6.66. The Bertz CT molecular complexity index is 706. The number of rotatable bonds is 18. The summed E-state index contributed by atoms with van der Waals surface area (Å²) in [5, 5.41) is 0. The molecule has 1 aromatic carbocycles. The molecule has 2 aromatic rings. The number of ether oxygens (including phenoxy) is 1. The van der Waals surface area contributed by atoms with Crippen LogP contribution in [0.2, 0.25) is 13.1 Å². The minimum Gasteiger partial charge on any atom is -0.494 e. The molecule has 2 rings (SSSR count). The van der Waals surface area contributed by atoms with E-state index in [9.17, 15) is 0 Å². The number of thiophene rings is 1. The summed E-state index contributed by atoms with van der Waals surface area (Å²) in [6, 6.07) is 13.5. The van der Waals surface area contributed by atoms with Crippen LogP contribution in [0, 0.1) is 0 Å². The van der Waals surface area contributed by atoms with Crippen molar-refractivity contribution in [3.63, 3.8) is 0 Å². The predicted molar refractivity (Wildman–Crippen MR) is 148 cm³/mol. The van der Waals surface area contributed by atoms with E-state index >= 15 is 0 Å². The molecule has 3 heteroatoms. The van der Waals surface area contributed by atoms with Gasteiger partial charge in [0, 0.05) is 9.75 Å². The van der Waals surface area contributed by atoms with Gasteiger partial charge in [0.25, 0.3) is 0 Å². The van der Waals surface area contributed by atoms with Gasteiger partial charge in [-0.05, 0) is 61.2 Å². The van der Waals surface area contributed by atoms with Crippen LogP contribution in [0.1, 0.15) is 102 Å². The van der Waals surface area contributed by atoms with Crippen molar-refractivity contribution >= 4 is 20.1 Å². The van der Waals surface area contributed by atoms with Crippen molar-refractivity contribution in [2.45, 2.75) is 123 Å². The Labute approximate surface area is 204 Å². The second-order valence-corrected chi connectivity index (χ2v) is 14.2. The van der Waals surface area contributed by atoms with Gasteiger partial charge in [-0.15, -0.1) is 11.3 Å². The smallest absolute Gasteiger partial charge is 0.119 e. The lowest BCUT2D eigenvalue weighted by atomic mass is 10.1. The van der Waals surface area contributed by atoms with E-state index < -0.39 is 8.80 Å². The average Bonchev–Trinajstić information content (AvgIpc) is 3.27. The van der Waals surface area contributed by atoms with E-state index in [0.717, 1.165) is 5.75 Å². The predicted octanol–water partition coefficient (Wildman–Crippen LogP) is 9.84. The molecule has 1 atom stereocenters. The summed E-state index contributed by atoms with van der Waals surface area (Å²) in [5.74, 6) is 1.05. The molecular formula is C29H48OSSi. The van der Waals surface area contributed by atoms with Gasteiger partial charge >= 0.3 is 0 Å². The fourth-order valence-electron chi connectivity index (χ4n) is 4.27. The number of unbranched alkanes of at least 4 members (excludes halogenated alkanes) is 10. The summed E-state index contributed by atoms with van der Waals surface area (Å²) in [6.45, 7) is 9.40. The van der Waals surface area contributed by atoms with Gasteiger partial charge in [-0.25, -0.2) is 0 Å². The molecule has 0 spiro atoms. The van der Waals surface area contributed by atoms with E-state index in [4.69, 9.17) is 4.74 Å². The summed E-state index contributed by atoms with van der Waals surface area (Å²) >= 11 is 1.97. The number of hydrogen-bond donors (Lipinski definition) is 0. The van der Waals surface area contributed by atoms with Gasteiger partial charge in [0.2, 0.25) is 0 Å². The number of aryl methyl sites for hydroxylation is 1. The molecule has 180 valence electrons. The molecule has 1 aromatic heterocycles. The Kier molecular flexibility index (Phi) is 14.0. The van der Waals surface area contributed by atoms with E-state index in [2.05, 4.69) is 63.3 Å². The molecule has 1 unspecified atom stereocenters. The standard InChI is InChI=1S/C29H48OSSi/c1-5-7-9-11-12-13-14-15-17-27-23-24-28(31-27)25-19-21-26(22-20-25)30-29(32(3)4)18-16-10-8-6-2/h19-24,29,32H,5-18H2,1-4H3. The topological polar surface area (TPSA) is 9.23 Å². The Morgan fingerprint density at radius 2 is 1.31 bits per heavy atom. The van der Waals surface area contributed by atoms with Gasteiger partial charge in [0.15, 0.2) is 0 Å². The van der Waals surface area contributed by atoms with Crippen LogP contribution in [0.5, 0.6) is 5.75 Å². The normalized spacial score (nSPS) is 12.4. The largest absolute Gasteiger partial charge is 0.494 e. The molecule has 0 saturated heterocycles.